The first-order valence-corrected chi connectivity index (χ1v) is 7.98. The molecule has 0 saturated heterocycles. The van der Waals surface area contributed by atoms with Crippen LogP contribution in [0.5, 0.6) is 0 Å². The quantitative estimate of drug-likeness (QED) is 0.624. The van der Waals surface area contributed by atoms with E-state index >= 15 is 0 Å². The lowest BCUT2D eigenvalue weighted by atomic mass is 10.2. The molecule has 3 rings (SSSR count). The lowest BCUT2D eigenvalue weighted by Crippen LogP contribution is -2.31. The van der Waals surface area contributed by atoms with Crippen LogP contribution in [0.2, 0.25) is 0 Å². The molecule has 3 aromatic rings. The van der Waals surface area contributed by atoms with Gasteiger partial charge in [-0.15, -0.1) is 0 Å². The van der Waals surface area contributed by atoms with E-state index in [0.717, 1.165) is 11.1 Å². The Balaban J connectivity index is 1.62. The molecule has 1 unspecified atom stereocenters. The Morgan fingerprint density at radius 2 is 1.83 bits per heavy atom. The van der Waals surface area contributed by atoms with Gasteiger partial charge in [-0.1, -0.05) is 42.5 Å². The first-order valence-electron chi connectivity index (χ1n) is 7.98. The highest BCUT2D eigenvalue weighted by molar-refractivity contribution is 5.79. The van der Waals surface area contributed by atoms with Crippen molar-refractivity contribution >= 4 is 16.7 Å². The largest absolute Gasteiger partial charge is 0.370 e. The fourth-order valence-corrected chi connectivity index (χ4v) is 2.51. The summed E-state index contributed by atoms with van der Waals surface area (Å²) < 4.78 is 5.84. The van der Waals surface area contributed by atoms with E-state index in [2.05, 4.69) is 10.3 Å². The standard InChI is InChI=1S/C19H21N3O2/c20-11-15(24-13-14-6-2-1-3-7-14)12-21-19-10-18(23)16-8-4-5-9-17(16)22-19/h1-10,15H,11-13,20H2,(H2,21,22,23). The molecule has 5 heteroatoms. The van der Waals surface area contributed by atoms with Gasteiger partial charge in [0, 0.05) is 24.5 Å². The predicted octanol–water partition coefficient (Wildman–Crippen LogP) is 2.48. The van der Waals surface area contributed by atoms with Crippen LogP contribution in [0.15, 0.2) is 65.5 Å². The molecular weight excluding hydrogens is 302 g/mol. The number of rotatable bonds is 7. The monoisotopic (exact) mass is 323 g/mol. The molecule has 24 heavy (non-hydrogen) atoms. The number of pyridine rings is 1. The number of H-pyrrole nitrogens is 1. The van der Waals surface area contributed by atoms with Crippen LogP contribution in [-0.4, -0.2) is 24.2 Å². The molecule has 4 N–H and O–H groups in total. The van der Waals surface area contributed by atoms with Crippen LogP contribution >= 0.6 is 0 Å². The third kappa shape index (κ3) is 4.01. The number of anilines is 1. The lowest BCUT2D eigenvalue weighted by Gasteiger charge is -2.17. The van der Waals surface area contributed by atoms with Crippen LogP contribution in [0.4, 0.5) is 5.82 Å². The average Bonchev–Trinajstić information content (AvgIpc) is 2.63. The van der Waals surface area contributed by atoms with E-state index in [1.54, 1.807) is 6.07 Å². The number of ether oxygens (including phenoxy) is 1. The zero-order valence-corrected chi connectivity index (χ0v) is 13.4. The van der Waals surface area contributed by atoms with Crippen molar-refractivity contribution in [1.29, 1.82) is 0 Å². The van der Waals surface area contributed by atoms with E-state index in [9.17, 15) is 4.79 Å². The minimum Gasteiger partial charge on any atom is -0.370 e. The molecule has 5 nitrogen and oxygen atoms in total. The Morgan fingerprint density at radius 1 is 1.08 bits per heavy atom. The molecule has 1 heterocycles. The van der Waals surface area contributed by atoms with Gasteiger partial charge in [-0.3, -0.25) is 4.79 Å². The summed E-state index contributed by atoms with van der Waals surface area (Å²) in [6.45, 7) is 1.44. The maximum Gasteiger partial charge on any atom is 0.191 e. The third-order valence-electron chi connectivity index (χ3n) is 3.85. The molecule has 0 bridgehead atoms. The van der Waals surface area contributed by atoms with Gasteiger partial charge in [0.1, 0.15) is 5.82 Å². The molecule has 1 aromatic heterocycles. The van der Waals surface area contributed by atoms with Gasteiger partial charge in [0.15, 0.2) is 5.43 Å². The number of hydrogen-bond donors (Lipinski definition) is 3. The van der Waals surface area contributed by atoms with E-state index in [1.807, 2.05) is 54.6 Å². The summed E-state index contributed by atoms with van der Waals surface area (Å²) >= 11 is 0. The highest BCUT2D eigenvalue weighted by Gasteiger charge is 2.08. The Hall–Kier alpha value is -2.63. The number of fused-ring (bicyclic) bond motifs is 1. The second-order valence-corrected chi connectivity index (χ2v) is 5.63. The third-order valence-corrected chi connectivity index (χ3v) is 3.85. The second-order valence-electron chi connectivity index (χ2n) is 5.63. The van der Waals surface area contributed by atoms with Gasteiger partial charge in [0.05, 0.1) is 18.2 Å². The van der Waals surface area contributed by atoms with Gasteiger partial charge in [-0.2, -0.15) is 0 Å². The van der Waals surface area contributed by atoms with Gasteiger partial charge in [-0.25, -0.2) is 0 Å². The van der Waals surface area contributed by atoms with Crippen molar-refractivity contribution in [3.05, 3.63) is 76.5 Å². The number of hydrogen-bond acceptors (Lipinski definition) is 4. The fourth-order valence-electron chi connectivity index (χ4n) is 2.51. The van der Waals surface area contributed by atoms with Gasteiger partial charge in [0.25, 0.3) is 0 Å². The first-order chi connectivity index (χ1) is 11.8. The van der Waals surface area contributed by atoms with Gasteiger partial charge < -0.3 is 20.8 Å². The van der Waals surface area contributed by atoms with Crippen molar-refractivity contribution in [2.75, 3.05) is 18.4 Å². The molecular formula is C19H21N3O2. The predicted molar refractivity (Wildman–Crippen MR) is 97.1 cm³/mol. The maximum atomic E-state index is 12.1. The molecule has 0 amide bonds. The summed E-state index contributed by atoms with van der Waals surface area (Å²) in [5.74, 6) is 0.667. The van der Waals surface area contributed by atoms with E-state index in [0.29, 0.717) is 30.9 Å². The maximum absolute atomic E-state index is 12.1. The zero-order chi connectivity index (χ0) is 16.8. The molecule has 0 aliphatic heterocycles. The Labute approximate surface area is 140 Å². The molecule has 0 spiro atoms. The molecule has 0 aliphatic carbocycles. The number of nitrogens with two attached hydrogens (primary N) is 1. The average molecular weight is 323 g/mol. The van der Waals surface area contributed by atoms with Crippen LogP contribution in [0.1, 0.15) is 5.56 Å². The van der Waals surface area contributed by atoms with Crippen LogP contribution in [0.25, 0.3) is 10.9 Å². The van der Waals surface area contributed by atoms with Crippen LogP contribution < -0.4 is 16.5 Å². The van der Waals surface area contributed by atoms with Crippen molar-refractivity contribution in [1.82, 2.24) is 4.98 Å². The minimum atomic E-state index is -0.139. The first kappa shape index (κ1) is 16.2. The van der Waals surface area contributed by atoms with Crippen molar-refractivity contribution < 1.29 is 4.74 Å². The molecule has 0 saturated carbocycles. The number of aromatic nitrogens is 1. The molecule has 0 fully saturated rings. The summed E-state index contributed by atoms with van der Waals surface area (Å²) in [4.78, 5) is 15.3. The molecule has 1 atom stereocenters. The van der Waals surface area contributed by atoms with Gasteiger partial charge in [-0.05, 0) is 17.7 Å². The van der Waals surface area contributed by atoms with Crippen LogP contribution in [-0.2, 0) is 11.3 Å². The molecule has 124 valence electrons. The highest BCUT2D eigenvalue weighted by atomic mass is 16.5. The summed E-state index contributed by atoms with van der Waals surface area (Å²) in [5, 5.41) is 3.88. The highest BCUT2D eigenvalue weighted by Crippen LogP contribution is 2.10. The Morgan fingerprint density at radius 3 is 2.62 bits per heavy atom. The lowest BCUT2D eigenvalue weighted by molar-refractivity contribution is 0.0549. The van der Waals surface area contributed by atoms with E-state index in [4.69, 9.17) is 10.5 Å². The molecule has 2 aromatic carbocycles. The van der Waals surface area contributed by atoms with Crippen molar-refractivity contribution in [3.8, 4) is 0 Å². The Kier molecular flexibility index (Phi) is 5.25. The van der Waals surface area contributed by atoms with Crippen molar-refractivity contribution in [3.63, 3.8) is 0 Å². The smallest absolute Gasteiger partial charge is 0.191 e. The second kappa shape index (κ2) is 7.77. The fraction of sp³-hybridized carbons (Fsp3) is 0.211. The normalized spacial score (nSPS) is 12.2. The molecule has 0 aliphatic rings. The summed E-state index contributed by atoms with van der Waals surface area (Å²) in [6, 6.07) is 19.0. The number of benzene rings is 2. The Bertz CT molecular complexity index is 846. The van der Waals surface area contributed by atoms with Crippen molar-refractivity contribution in [2.24, 2.45) is 5.73 Å². The number of aromatic amines is 1. The summed E-state index contributed by atoms with van der Waals surface area (Å²) in [7, 11) is 0. The van der Waals surface area contributed by atoms with E-state index in [-0.39, 0.29) is 11.5 Å². The SMILES string of the molecule is NCC(CNc1cc(=O)c2ccccc2[nH]1)OCc1ccccc1. The zero-order valence-electron chi connectivity index (χ0n) is 13.4. The van der Waals surface area contributed by atoms with Crippen molar-refractivity contribution in [2.45, 2.75) is 12.7 Å². The van der Waals surface area contributed by atoms with Gasteiger partial charge in [0.2, 0.25) is 0 Å². The van der Waals surface area contributed by atoms with Gasteiger partial charge >= 0.3 is 0 Å². The minimum absolute atomic E-state index is 0.0126. The number of para-hydroxylation sites is 1. The van der Waals surface area contributed by atoms with Crippen LogP contribution in [0.3, 0.4) is 0 Å². The number of nitrogens with one attached hydrogen (secondary N) is 2. The molecule has 0 radical (unpaired) electrons. The summed E-state index contributed by atoms with van der Waals surface area (Å²) in [6.07, 6.45) is -0.139. The topological polar surface area (TPSA) is 80.1 Å². The summed E-state index contributed by atoms with van der Waals surface area (Å²) in [5.41, 5.74) is 7.69. The van der Waals surface area contributed by atoms with E-state index in [1.165, 1.54) is 0 Å². The van der Waals surface area contributed by atoms with E-state index < -0.39 is 0 Å². The van der Waals surface area contributed by atoms with Crippen LogP contribution in [0, 0.1) is 0 Å².